The molecule has 0 aliphatic heterocycles. The van der Waals surface area contributed by atoms with Gasteiger partial charge in [-0.2, -0.15) is 0 Å². The van der Waals surface area contributed by atoms with Crippen molar-refractivity contribution in [2.45, 2.75) is 19.9 Å². The van der Waals surface area contributed by atoms with Gasteiger partial charge in [0, 0.05) is 18.7 Å². The molecule has 0 saturated carbocycles. The predicted molar refractivity (Wildman–Crippen MR) is 82.3 cm³/mol. The number of benzene rings is 1. The van der Waals surface area contributed by atoms with E-state index in [-0.39, 0.29) is 30.1 Å². The van der Waals surface area contributed by atoms with Crippen LogP contribution in [0, 0.1) is 5.82 Å². The summed E-state index contributed by atoms with van der Waals surface area (Å²) in [6.07, 6.45) is 0. The lowest BCUT2D eigenvalue weighted by molar-refractivity contribution is -0.134. The number of carbonyl (C=O) groups excluding carboxylic acids is 2. The summed E-state index contributed by atoms with van der Waals surface area (Å²) in [7, 11) is 1.64. The number of nitrogens with zero attached hydrogens (tertiary/aromatic N) is 1. The molecule has 0 saturated heterocycles. The fourth-order valence-electron chi connectivity index (χ4n) is 1.81. The number of ether oxygens (including phenoxy) is 1. The fraction of sp³-hybridized carbons (Fsp3) is 0.294. The molecule has 0 atom stereocenters. The van der Waals surface area contributed by atoms with Gasteiger partial charge in [0.05, 0.1) is 0 Å². The number of carbonyl (C=O) groups is 2. The third kappa shape index (κ3) is 4.18. The smallest absolute Gasteiger partial charge is 0.374 e. The van der Waals surface area contributed by atoms with Gasteiger partial charge in [-0.1, -0.05) is 0 Å². The molecule has 23 heavy (non-hydrogen) atoms. The first-order chi connectivity index (χ1) is 10.9. The van der Waals surface area contributed by atoms with Crippen molar-refractivity contribution in [3.8, 4) is 11.3 Å². The molecule has 2 aromatic rings. The van der Waals surface area contributed by atoms with Crippen molar-refractivity contribution in [3.63, 3.8) is 0 Å². The van der Waals surface area contributed by atoms with E-state index in [0.717, 1.165) is 0 Å². The number of rotatable bonds is 5. The van der Waals surface area contributed by atoms with Gasteiger partial charge in [-0.05, 0) is 50.2 Å². The Morgan fingerprint density at radius 3 is 2.43 bits per heavy atom. The number of hydrogen-bond acceptors (Lipinski definition) is 4. The minimum atomic E-state index is -0.719. The van der Waals surface area contributed by atoms with E-state index < -0.39 is 5.97 Å². The molecule has 1 amide bonds. The SMILES string of the molecule is CC(C)N(C)C(=O)COC(=O)c1ccc(-c2ccc(F)cc2)o1. The Morgan fingerprint density at radius 1 is 1.17 bits per heavy atom. The standard InChI is InChI=1S/C17H18FNO4/c1-11(2)19(3)16(20)10-22-17(21)15-9-8-14(23-15)12-4-6-13(18)7-5-12/h4-9,11H,10H2,1-3H3. The van der Waals surface area contributed by atoms with Gasteiger partial charge in [0.25, 0.3) is 5.91 Å². The highest BCUT2D eigenvalue weighted by Gasteiger charge is 2.18. The van der Waals surface area contributed by atoms with Crippen LogP contribution in [-0.2, 0) is 9.53 Å². The van der Waals surface area contributed by atoms with Gasteiger partial charge in [-0.25, -0.2) is 9.18 Å². The summed E-state index contributed by atoms with van der Waals surface area (Å²) < 4.78 is 23.2. The van der Waals surface area contributed by atoms with Crippen molar-refractivity contribution in [3.05, 3.63) is 48.0 Å². The molecule has 0 N–H and O–H groups in total. The first kappa shape index (κ1) is 16.7. The summed E-state index contributed by atoms with van der Waals surface area (Å²) >= 11 is 0. The molecule has 0 spiro atoms. The minimum Gasteiger partial charge on any atom is -0.450 e. The zero-order chi connectivity index (χ0) is 17.0. The molecule has 1 aromatic carbocycles. The zero-order valence-electron chi connectivity index (χ0n) is 13.2. The van der Waals surface area contributed by atoms with Gasteiger partial charge in [0.1, 0.15) is 11.6 Å². The van der Waals surface area contributed by atoms with Gasteiger partial charge >= 0.3 is 5.97 Å². The highest BCUT2D eigenvalue weighted by atomic mass is 19.1. The molecule has 0 unspecified atom stereocenters. The second-order valence-corrected chi connectivity index (χ2v) is 5.35. The molecule has 0 fully saturated rings. The van der Waals surface area contributed by atoms with Gasteiger partial charge in [-0.15, -0.1) is 0 Å². The van der Waals surface area contributed by atoms with Gasteiger partial charge in [0.15, 0.2) is 6.61 Å². The Hall–Kier alpha value is -2.63. The van der Waals surface area contributed by atoms with Crippen molar-refractivity contribution in [1.29, 1.82) is 0 Å². The van der Waals surface area contributed by atoms with E-state index in [4.69, 9.17) is 9.15 Å². The Kier molecular flexibility index (Phi) is 5.16. The van der Waals surface area contributed by atoms with E-state index in [1.165, 1.54) is 23.1 Å². The second kappa shape index (κ2) is 7.09. The maximum atomic E-state index is 12.9. The third-order valence-electron chi connectivity index (χ3n) is 3.43. The van der Waals surface area contributed by atoms with Crippen LogP contribution < -0.4 is 0 Å². The summed E-state index contributed by atoms with van der Waals surface area (Å²) in [5.41, 5.74) is 0.640. The first-order valence-corrected chi connectivity index (χ1v) is 7.17. The van der Waals surface area contributed by atoms with E-state index in [9.17, 15) is 14.0 Å². The molecular formula is C17H18FNO4. The number of likely N-dealkylation sites (N-methyl/N-ethyl adjacent to an activating group) is 1. The van der Waals surface area contributed by atoms with Crippen LogP contribution in [0.4, 0.5) is 4.39 Å². The summed E-state index contributed by atoms with van der Waals surface area (Å²) in [6.45, 7) is 3.38. The second-order valence-electron chi connectivity index (χ2n) is 5.35. The topological polar surface area (TPSA) is 59.8 Å². The van der Waals surface area contributed by atoms with Gasteiger partial charge in [0.2, 0.25) is 5.76 Å². The number of halogens is 1. The number of amides is 1. The molecule has 5 nitrogen and oxygen atoms in total. The molecule has 6 heteroatoms. The summed E-state index contributed by atoms with van der Waals surface area (Å²) in [6, 6.07) is 8.76. The van der Waals surface area contributed by atoms with Crippen molar-refractivity contribution < 1.29 is 23.1 Å². The quantitative estimate of drug-likeness (QED) is 0.795. The summed E-state index contributed by atoms with van der Waals surface area (Å²) in [4.78, 5) is 25.1. The van der Waals surface area contributed by atoms with Crippen LogP contribution in [-0.4, -0.2) is 36.5 Å². The van der Waals surface area contributed by atoms with Crippen molar-refractivity contribution in [2.24, 2.45) is 0 Å². The van der Waals surface area contributed by atoms with Crippen molar-refractivity contribution in [2.75, 3.05) is 13.7 Å². The molecule has 0 radical (unpaired) electrons. The van der Waals surface area contributed by atoms with E-state index in [1.807, 2.05) is 13.8 Å². The van der Waals surface area contributed by atoms with Crippen molar-refractivity contribution >= 4 is 11.9 Å². The van der Waals surface area contributed by atoms with Crippen LogP contribution in [0.2, 0.25) is 0 Å². The molecule has 0 aliphatic carbocycles. The van der Waals surface area contributed by atoms with Crippen LogP contribution in [0.1, 0.15) is 24.4 Å². The Balaban J connectivity index is 1.99. The zero-order valence-corrected chi connectivity index (χ0v) is 13.2. The largest absolute Gasteiger partial charge is 0.450 e. The molecule has 122 valence electrons. The van der Waals surface area contributed by atoms with Crippen LogP contribution in [0.3, 0.4) is 0 Å². The Labute approximate surface area is 133 Å². The van der Waals surface area contributed by atoms with Gasteiger partial charge in [-0.3, -0.25) is 4.79 Å². The summed E-state index contributed by atoms with van der Waals surface area (Å²) in [5, 5.41) is 0. The monoisotopic (exact) mass is 319 g/mol. The van der Waals surface area contributed by atoms with Crippen LogP contribution in [0.25, 0.3) is 11.3 Å². The lowest BCUT2D eigenvalue weighted by atomic mass is 10.2. The lowest BCUT2D eigenvalue weighted by Gasteiger charge is -2.20. The molecule has 1 aromatic heterocycles. The van der Waals surface area contributed by atoms with Crippen molar-refractivity contribution in [1.82, 2.24) is 4.90 Å². The maximum absolute atomic E-state index is 12.9. The number of esters is 1. The van der Waals surface area contributed by atoms with E-state index in [0.29, 0.717) is 11.3 Å². The predicted octanol–water partition coefficient (Wildman–Crippen LogP) is 3.11. The first-order valence-electron chi connectivity index (χ1n) is 7.17. The van der Waals surface area contributed by atoms with Crippen LogP contribution in [0.15, 0.2) is 40.8 Å². The van der Waals surface area contributed by atoms with Crippen LogP contribution in [0.5, 0.6) is 0 Å². The highest BCUT2D eigenvalue weighted by Crippen LogP contribution is 2.22. The van der Waals surface area contributed by atoms with E-state index >= 15 is 0 Å². The average Bonchev–Trinajstić information content (AvgIpc) is 3.02. The number of furan rings is 1. The van der Waals surface area contributed by atoms with Crippen LogP contribution >= 0.6 is 0 Å². The maximum Gasteiger partial charge on any atom is 0.374 e. The minimum absolute atomic E-state index is 0.00988. The van der Waals surface area contributed by atoms with E-state index in [2.05, 4.69) is 0 Å². The Morgan fingerprint density at radius 2 is 1.83 bits per heavy atom. The van der Waals surface area contributed by atoms with Gasteiger partial charge < -0.3 is 14.1 Å². The molecule has 1 heterocycles. The lowest BCUT2D eigenvalue weighted by Crippen LogP contribution is -2.36. The third-order valence-corrected chi connectivity index (χ3v) is 3.43. The van der Waals surface area contributed by atoms with E-state index in [1.54, 1.807) is 25.2 Å². The Bertz CT molecular complexity index is 691. The molecule has 2 rings (SSSR count). The fourth-order valence-corrected chi connectivity index (χ4v) is 1.81. The molecule has 0 bridgehead atoms. The normalized spacial score (nSPS) is 10.7. The summed E-state index contributed by atoms with van der Waals surface area (Å²) in [5.74, 6) is -0.956. The molecular weight excluding hydrogens is 301 g/mol. The highest BCUT2D eigenvalue weighted by molar-refractivity contribution is 5.89. The number of hydrogen-bond donors (Lipinski definition) is 0. The average molecular weight is 319 g/mol. The molecule has 0 aliphatic rings.